The van der Waals surface area contributed by atoms with Crippen LogP contribution in [0.25, 0.3) is 11.0 Å². The highest BCUT2D eigenvalue weighted by molar-refractivity contribution is 9.10. The normalized spacial score (nSPS) is 11.5. The van der Waals surface area contributed by atoms with Gasteiger partial charge in [0.1, 0.15) is 17.2 Å². The molecule has 0 spiro atoms. The van der Waals surface area contributed by atoms with Crippen molar-refractivity contribution in [1.29, 1.82) is 0 Å². The van der Waals surface area contributed by atoms with Crippen LogP contribution in [0.3, 0.4) is 0 Å². The van der Waals surface area contributed by atoms with Gasteiger partial charge < -0.3 is 19.9 Å². The van der Waals surface area contributed by atoms with Crippen LogP contribution < -0.4 is 15.4 Å². The van der Waals surface area contributed by atoms with E-state index in [1.54, 1.807) is 25.4 Å². The van der Waals surface area contributed by atoms with Crippen LogP contribution in [0.2, 0.25) is 0 Å². The van der Waals surface area contributed by atoms with Gasteiger partial charge in [0.05, 0.1) is 11.0 Å². The lowest BCUT2D eigenvalue weighted by atomic mass is 9.87. The Morgan fingerprint density at radius 1 is 1.09 bits per heavy atom. The Labute approximate surface area is 204 Å². The van der Waals surface area contributed by atoms with Gasteiger partial charge in [0.2, 0.25) is 5.95 Å². The number of carbonyl (C=O) groups excluding carboxylic acids is 1. The summed E-state index contributed by atoms with van der Waals surface area (Å²) in [5, 5.41) is 6.00. The molecule has 2 aromatic heterocycles. The van der Waals surface area contributed by atoms with Gasteiger partial charge in [-0.2, -0.15) is 0 Å². The Hall–Kier alpha value is -3.39. The number of hydrogen-bond donors (Lipinski definition) is 2. The number of rotatable bonds is 5. The fraction of sp³-hybridized carbons (Fsp3) is 0.240. The number of nitrogens with zero attached hydrogens (tertiary/aromatic N) is 3. The van der Waals surface area contributed by atoms with Gasteiger partial charge in [-0.25, -0.2) is 4.98 Å². The van der Waals surface area contributed by atoms with E-state index < -0.39 is 0 Å². The summed E-state index contributed by atoms with van der Waals surface area (Å²) in [5.41, 5.74) is 4.27. The number of aromatic nitrogens is 3. The van der Waals surface area contributed by atoms with Crippen molar-refractivity contribution < 1.29 is 12.4 Å². The Morgan fingerprint density at radius 3 is 2.58 bits per heavy atom. The molecule has 0 fully saturated rings. The molecule has 0 bridgehead atoms. The maximum absolute atomic E-state index is 11.8. The number of benzene rings is 2. The number of hydrogen-bond acceptors (Lipinski definition) is 5. The minimum Gasteiger partial charge on any atom is -0.457 e. The maximum Gasteiger partial charge on any atom is 0.269 e. The summed E-state index contributed by atoms with van der Waals surface area (Å²) in [7, 11) is 3.54. The minimum atomic E-state index is -0.265. The third-order valence-corrected chi connectivity index (χ3v) is 6.00. The molecule has 8 heteroatoms. The molecule has 0 atom stereocenters. The van der Waals surface area contributed by atoms with Crippen LogP contribution in [0, 0.1) is 0 Å². The molecule has 0 aliphatic carbocycles. The highest BCUT2D eigenvalue weighted by atomic mass is 79.9. The van der Waals surface area contributed by atoms with E-state index in [2.05, 4.69) is 64.5 Å². The molecule has 2 heterocycles. The van der Waals surface area contributed by atoms with Crippen molar-refractivity contribution in [2.24, 2.45) is 7.05 Å². The van der Waals surface area contributed by atoms with E-state index in [4.69, 9.17) is 9.72 Å². The Morgan fingerprint density at radius 2 is 1.85 bits per heavy atom. The van der Waals surface area contributed by atoms with Crippen LogP contribution in [0.1, 0.15) is 39.7 Å². The third-order valence-electron chi connectivity index (χ3n) is 5.31. The fourth-order valence-corrected chi connectivity index (χ4v) is 4.37. The standard InChI is InChI=1S/C25H26BrN5O2.2H2/c1-25(2,3)18-12-15(6-8-19(18)26)29-24-30-20-13-16(7-9-22(20)31(24)5)33-17-10-11-28-21(14-17)23(32)27-4;;/h6-14H,1-5H3,(H,27,32)(H,29,30);2*1H. The van der Waals surface area contributed by atoms with E-state index in [9.17, 15) is 4.79 Å². The van der Waals surface area contributed by atoms with Crippen LogP contribution in [-0.2, 0) is 12.5 Å². The molecule has 0 radical (unpaired) electrons. The fourth-order valence-electron chi connectivity index (χ4n) is 3.52. The molecule has 4 rings (SSSR count). The molecule has 0 aliphatic heterocycles. The van der Waals surface area contributed by atoms with Gasteiger partial charge in [-0.3, -0.25) is 9.78 Å². The van der Waals surface area contributed by atoms with Crippen molar-refractivity contribution in [3.05, 3.63) is 70.5 Å². The van der Waals surface area contributed by atoms with Crippen LogP contribution in [-0.4, -0.2) is 27.5 Å². The molecule has 0 aliphatic rings. The molecule has 174 valence electrons. The molecule has 2 N–H and O–H groups in total. The van der Waals surface area contributed by atoms with Crippen molar-refractivity contribution in [2.45, 2.75) is 26.2 Å². The second-order valence-corrected chi connectivity index (χ2v) is 9.63. The number of aryl methyl sites for hydroxylation is 1. The molecular weight excluding hydrogens is 482 g/mol. The molecule has 2 aromatic carbocycles. The van der Waals surface area contributed by atoms with Crippen LogP contribution in [0.15, 0.2) is 59.2 Å². The first-order chi connectivity index (χ1) is 15.7. The second-order valence-electron chi connectivity index (χ2n) is 8.77. The summed E-state index contributed by atoms with van der Waals surface area (Å²) in [5.74, 6) is 1.62. The first-order valence-corrected chi connectivity index (χ1v) is 11.3. The molecule has 0 saturated heterocycles. The topological polar surface area (TPSA) is 81.1 Å². The van der Waals surface area contributed by atoms with Gasteiger partial charge in [-0.05, 0) is 47.4 Å². The van der Waals surface area contributed by atoms with Gasteiger partial charge in [0.25, 0.3) is 5.91 Å². The van der Waals surface area contributed by atoms with Gasteiger partial charge in [-0.15, -0.1) is 0 Å². The Kier molecular flexibility index (Phi) is 6.12. The number of anilines is 2. The number of pyridine rings is 1. The van der Waals surface area contributed by atoms with Crippen LogP contribution in [0.5, 0.6) is 11.5 Å². The van der Waals surface area contributed by atoms with E-state index >= 15 is 0 Å². The first-order valence-electron chi connectivity index (χ1n) is 10.6. The molecular formula is C25H30BrN5O2. The summed E-state index contributed by atoms with van der Waals surface area (Å²) >= 11 is 3.66. The number of imidazole rings is 1. The first kappa shape index (κ1) is 22.8. The number of nitrogens with one attached hydrogen (secondary N) is 2. The lowest BCUT2D eigenvalue weighted by Gasteiger charge is -2.22. The van der Waals surface area contributed by atoms with Crippen molar-refractivity contribution in [3.8, 4) is 11.5 Å². The van der Waals surface area contributed by atoms with Gasteiger partial charge >= 0.3 is 0 Å². The average molecular weight is 512 g/mol. The smallest absolute Gasteiger partial charge is 0.269 e. The number of halogens is 1. The van der Waals surface area contributed by atoms with Gasteiger partial charge in [0.15, 0.2) is 0 Å². The van der Waals surface area contributed by atoms with Crippen LogP contribution >= 0.6 is 15.9 Å². The quantitative estimate of drug-likeness (QED) is 0.323. The summed E-state index contributed by atoms with van der Waals surface area (Å²) < 4.78 is 9.05. The zero-order valence-electron chi connectivity index (χ0n) is 19.2. The van der Waals surface area contributed by atoms with E-state index in [0.717, 1.165) is 27.1 Å². The monoisotopic (exact) mass is 511 g/mol. The van der Waals surface area contributed by atoms with Gasteiger partial charge in [0, 0.05) is 45.4 Å². The minimum absolute atomic E-state index is 0. The van der Waals surface area contributed by atoms with E-state index in [1.165, 1.54) is 5.56 Å². The molecule has 0 saturated carbocycles. The highest BCUT2D eigenvalue weighted by Gasteiger charge is 2.18. The zero-order valence-corrected chi connectivity index (χ0v) is 20.8. The SMILES string of the molecule is CNC(=O)c1cc(Oc2ccc3c(c2)nc(Nc2ccc(Br)c(C(C)(C)C)c2)n3C)ccn1.[HH].[HH]. The predicted molar refractivity (Wildman–Crippen MR) is 139 cm³/mol. The van der Waals surface area contributed by atoms with Crippen molar-refractivity contribution in [3.63, 3.8) is 0 Å². The number of carbonyl (C=O) groups is 1. The van der Waals surface area contributed by atoms with E-state index in [-0.39, 0.29) is 14.2 Å². The molecule has 0 unspecified atom stereocenters. The van der Waals surface area contributed by atoms with Gasteiger partial charge in [-0.1, -0.05) is 36.7 Å². The van der Waals surface area contributed by atoms with E-state index in [1.807, 2.05) is 35.9 Å². The van der Waals surface area contributed by atoms with Crippen molar-refractivity contribution >= 4 is 44.5 Å². The maximum atomic E-state index is 11.8. The molecule has 1 amide bonds. The summed E-state index contributed by atoms with van der Waals surface area (Å²) in [4.78, 5) is 20.7. The number of ether oxygens (including phenoxy) is 1. The lowest BCUT2D eigenvalue weighted by Crippen LogP contribution is -2.18. The summed E-state index contributed by atoms with van der Waals surface area (Å²) in [6.45, 7) is 6.57. The Balaban J connectivity index is 0.00000216. The number of fused-ring (bicyclic) bond motifs is 1. The summed E-state index contributed by atoms with van der Waals surface area (Å²) in [6.07, 6.45) is 1.55. The zero-order chi connectivity index (χ0) is 23.8. The summed E-state index contributed by atoms with van der Waals surface area (Å²) in [6, 6.07) is 15.3. The Bertz CT molecular complexity index is 1350. The highest BCUT2D eigenvalue weighted by Crippen LogP contribution is 2.33. The average Bonchev–Trinajstić information content (AvgIpc) is 3.08. The van der Waals surface area contributed by atoms with Crippen molar-refractivity contribution in [2.75, 3.05) is 12.4 Å². The second kappa shape index (κ2) is 8.86. The number of amides is 1. The predicted octanol–water partition coefficient (Wildman–Crippen LogP) is 6.42. The van der Waals surface area contributed by atoms with Crippen molar-refractivity contribution in [1.82, 2.24) is 19.9 Å². The third kappa shape index (κ3) is 4.85. The molecule has 4 aromatic rings. The lowest BCUT2D eigenvalue weighted by molar-refractivity contribution is 0.0958. The molecule has 7 nitrogen and oxygen atoms in total. The van der Waals surface area contributed by atoms with E-state index in [0.29, 0.717) is 17.2 Å². The molecule has 33 heavy (non-hydrogen) atoms. The largest absolute Gasteiger partial charge is 0.457 e. The van der Waals surface area contributed by atoms with Crippen LogP contribution in [0.4, 0.5) is 11.6 Å².